The summed E-state index contributed by atoms with van der Waals surface area (Å²) in [5.74, 6) is 0.273. The minimum Gasteiger partial charge on any atom is -0.305 e. The van der Waals surface area contributed by atoms with Crippen LogP contribution in [0.25, 0.3) is 11.6 Å². The van der Waals surface area contributed by atoms with Crippen molar-refractivity contribution in [2.24, 2.45) is 0 Å². The third kappa shape index (κ3) is 4.85. The van der Waals surface area contributed by atoms with Gasteiger partial charge in [0.1, 0.15) is 0 Å². The van der Waals surface area contributed by atoms with Gasteiger partial charge in [-0.1, -0.05) is 90.5 Å². The molecule has 5 heteroatoms. The van der Waals surface area contributed by atoms with Crippen LogP contribution in [-0.2, 0) is 11.3 Å². The zero-order chi connectivity index (χ0) is 20.8. The largest absolute Gasteiger partial charge is 0.305 e. The smallest absolute Gasteiger partial charge is 0.257 e. The first-order chi connectivity index (χ1) is 14.7. The van der Waals surface area contributed by atoms with Crippen molar-refractivity contribution in [1.82, 2.24) is 9.78 Å². The number of hydrogen-bond acceptors (Lipinski definition) is 2. The van der Waals surface area contributed by atoms with Gasteiger partial charge in [0.15, 0.2) is 5.82 Å². The van der Waals surface area contributed by atoms with Gasteiger partial charge in [-0.3, -0.25) is 9.48 Å². The molecule has 148 valence electrons. The number of halogens is 1. The third-order valence-electron chi connectivity index (χ3n) is 4.61. The Hall–Kier alpha value is -3.63. The second kappa shape index (κ2) is 9.25. The highest BCUT2D eigenvalue weighted by Crippen LogP contribution is 2.21. The third-order valence-corrected chi connectivity index (χ3v) is 4.98. The zero-order valence-electron chi connectivity index (χ0n) is 16.2. The summed E-state index contributed by atoms with van der Waals surface area (Å²) >= 11 is 6.23. The molecule has 4 nitrogen and oxygen atoms in total. The first-order valence-electron chi connectivity index (χ1n) is 9.59. The van der Waals surface area contributed by atoms with E-state index in [0.29, 0.717) is 23.0 Å². The van der Waals surface area contributed by atoms with E-state index in [4.69, 9.17) is 11.6 Å². The fourth-order valence-electron chi connectivity index (χ4n) is 3.11. The Morgan fingerprint density at radius 3 is 2.30 bits per heavy atom. The molecule has 0 radical (unpaired) electrons. The lowest BCUT2D eigenvalue weighted by atomic mass is 10.0. The van der Waals surface area contributed by atoms with Crippen LogP contribution >= 0.6 is 11.6 Å². The van der Waals surface area contributed by atoms with Gasteiger partial charge < -0.3 is 5.32 Å². The minimum atomic E-state index is -0.215. The molecule has 0 spiro atoms. The Kier molecular flexibility index (Phi) is 6.06. The van der Waals surface area contributed by atoms with Crippen molar-refractivity contribution in [3.05, 3.63) is 119 Å². The Morgan fingerprint density at radius 1 is 0.900 bits per heavy atom. The number of aromatic nitrogens is 2. The van der Waals surface area contributed by atoms with Gasteiger partial charge in [0.25, 0.3) is 5.91 Å². The van der Waals surface area contributed by atoms with Gasteiger partial charge in [-0.2, -0.15) is 5.10 Å². The maximum atomic E-state index is 13.1. The van der Waals surface area contributed by atoms with E-state index in [1.807, 2.05) is 97.2 Å². The number of nitrogens with one attached hydrogen (secondary N) is 1. The van der Waals surface area contributed by atoms with Gasteiger partial charge in [0.05, 0.1) is 6.54 Å². The molecule has 0 fully saturated rings. The molecule has 1 heterocycles. The Balaban J connectivity index is 1.55. The highest BCUT2D eigenvalue weighted by Gasteiger charge is 2.14. The molecule has 4 rings (SSSR count). The molecule has 30 heavy (non-hydrogen) atoms. The van der Waals surface area contributed by atoms with Crippen molar-refractivity contribution >= 4 is 35.0 Å². The number of rotatable bonds is 6. The molecule has 0 aliphatic carbocycles. The summed E-state index contributed by atoms with van der Waals surface area (Å²) in [6.45, 7) is 0.529. The number of nitrogens with zero attached hydrogens (tertiary/aromatic N) is 2. The van der Waals surface area contributed by atoms with Crippen molar-refractivity contribution in [3.8, 4) is 0 Å². The van der Waals surface area contributed by atoms with Crippen LogP contribution in [0.5, 0.6) is 0 Å². The predicted octanol–water partition coefficient (Wildman–Crippen LogP) is 5.76. The molecule has 4 aromatic rings. The quantitative estimate of drug-likeness (QED) is 0.322. The molecule has 1 amide bonds. The molecule has 0 aliphatic heterocycles. The van der Waals surface area contributed by atoms with E-state index in [9.17, 15) is 4.79 Å². The Morgan fingerprint density at radius 2 is 1.57 bits per heavy atom. The van der Waals surface area contributed by atoms with E-state index in [-0.39, 0.29) is 5.91 Å². The lowest BCUT2D eigenvalue weighted by molar-refractivity contribution is -0.111. The number of carbonyl (C=O) groups is 1. The van der Waals surface area contributed by atoms with E-state index in [1.54, 1.807) is 10.7 Å². The Labute approximate surface area is 180 Å². The Bertz CT molecular complexity index is 1170. The molecule has 1 aromatic heterocycles. The van der Waals surface area contributed by atoms with Crippen LogP contribution < -0.4 is 5.32 Å². The number of anilines is 1. The molecule has 0 saturated heterocycles. The summed E-state index contributed by atoms with van der Waals surface area (Å²) in [4.78, 5) is 13.1. The highest BCUT2D eigenvalue weighted by molar-refractivity contribution is 6.31. The maximum absolute atomic E-state index is 13.1. The number of hydrogen-bond donors (Lipinski definition) is 1. The summed E-state index contributed by atoms with van der Waals surface area (Å²) in [7, 11) is 0. The van der Waals surface area contributed by atoms with Gasteiger partial charge in [0, 0.05) is 22.9 Å². The van der Waals surface area contributed by atoms with E-state index in [1.165, 1.54) is 0 Å². The molecule has 0 saturated carbocycles. The summed E-state index contributed by atoms with van der Waals surface area (Å²) in [5, 5.41) is 8.07. The fraction of sp³-hybridized carbons (Fsp3) is 0.0400. The van der Waals surface area contributed by atoms with Crippen molar-refractivity contribution < 1.29 is 4.79 Å². The number of carbonyl (C=O) groups excluding carboxylic acids is 1. The summed E-state index contributed by atoms with van der Waals surface area (Å²) in [6, 6.07) is 28.8. The van der Waals surface area contributed by atoms with Gasteiger partial charge in [0.2, 0.25) is 0 Å². The van der Waals surface area contributed by atoms with Crippen LogP contribution in [-0.4, -0.2) is 15.7 Å². The second-order valence-electron chi connectivity index (χ2n) is 6.78. The normalized spacial score (nSPS) is 11.3. The summed E-state index contributed by atoms with van der Waals surface area (Å²) in [6.07, 6.45) is 3.70. The van der Waals surface area contributed by atoms with Gasteiger partial charge in [-0.05, 0) is 28.8 Å². The fourth-order valence-corrected chi connectivity index (χ4v) is 3.31. The van der Waals surface area contributed by atoms with Crippen molar-refractivity contribution in [3.63, 3.8) is 0 Å². The van der Waals surface area contributed by atoms with Crippen molar-refractivity contribution in [2.75, 3.05) is 5.32 Å². The van der Waals surface area contributed by atoms with Crippen LogP contribution in [0, 0.1) is 0 Å². The van der Waals surface area contributed by atoms with Gasteiger partial charge in [-0.25, -0.2) is 0 Å². The standard InChI is InChI=1S/C25H20ClN3O/c26-23-14-8-7-13-21(23)18-29-16-15-24(28-29)27-25(30)22(20-11-5-2-6-12-20)17-19-9-3-1-4-10-19/h1-17H,18H2,(H,27,28,30)/b22-17-. The lowest BCUT2D eigenvalue weighted by Crippen LogP contribution is -2.14. The zero-order valence-corrected chi connectivity index (χ0v) is 17.0. The number of benzene rings is 3. The number of amides is 1. The van der Waals surface area contributed by atoms with E-state index in [2.05, 4.69) is 10.4 Å². The molecule has 0 bridgehead atoms. The van der Waals surface area contributed by atoms with Crippen molar-refractivity contribution in [1.29, 1.82) is 0 Å². The van der Waals surface area contributed by atoms with Crippen molar-refractivity contribution in [2.45, 2.75) is 6.54 Å². The molecule has 1 N–H and O–H groups in total. The minimum absolute atomic E-state index is 0.215. The van der Waals surface area contributed by atoms with Crippen LogP contribution in [0.1, 0.15) is 16.7 Å². The molecule has 3 aromatic carbocycles. The molecule has 0 aliphatic rings. The summed E-state index contributed by atoms with van der Waals surface area (Å²) < 4.78 is 1.75. The summed E-state index contributed by atoms with van der Waals surface area (Å²) in [5.41, 5.74) is 3.33. The first kappa shape index (κ1) is 19.7. The van der Waals surface area contributed by atoms with E-state index >= 15 is 0 Å². The molecule has 0 atom stereocenters. The predicted molar refractivity (Wildman–Crippen MR) is 122 cm³/mol. The SMILES string of the molecule is O=C(Nc1ccn(Cc2ccccc2Cl)n1)/C(=C\c1ccccc1)c1ccccc1. The monoisotopic (exact) mass is 413 g/mol. The first-order valence-corrected chi connectivity index (χ1v) is 9.97. The van der Waals surface area contributed by atoms with Crippen LogP contribution in [0.4, 0.5) is 5.82 Å². The van der Waals surface area contributed by atoms with Gasteiger partial charge >= 0.3 is 0 Å². The average Bonchev–Trinajstić information content (AvgIpc) is 3.21. The highest BCUT2D eigenvalue weighted by atomic mass is 35.5. The van der Waals surface area contributed by atoms with E-state index < -0.39 is 0 Å². The van der Waals surface area contributed by atoms with Crippen LogP contribution in [0.3, 0.4) is 0 Å². The maximum Gasteiger partial charge on any atom is 0.257 e. The second-order valence-corrected chi connectivity index (χ2v) is 7.19. The molecule has 0 unspecified atom stereocenters. The molecular weight excluding hydrogens is 394 g/mol. The lowest BCUT2D eigenvalue weighted by Gasteiger charge is -2.08. The van der Waals surface area contributed by atoms with E-state index in [0.717, 1.165) is 16.7 Å². The molecular formula is C25H20ClN3O. The van der Waals surface area contributed by atoms with Crippen LogP contribution in [0.2, 0.25) is 5.02 Å². The van der Waals surface area contributed by atoms with Crippen LogP contribution in [0.15, 0.2) is 97.2 Å². The topological polar surface area (TPSA) is 46.9 Å². The van der Waals surface area contributed by atoms with Gasteiger partial charge in [-0.15, -0.1) is 0 Å². The average molecular weight is 414 g/mol.